The number of nitrogens with zero attached hydrogens (tertiary/aromatic N) is 5. The van der Waals surface area contributed by atoms with E-state index in [1.807, 2.05) is 18.7 Å². The van der Waals surface area contributed by atoms with Gasteiger partial charge in [0, 0.05) is 31.7 Å². The van der Waals surface area contributed by atoms with E-state index in [9.17, 15) is 19.2 Å². The molecule has 1 aliphatic rings. The zero-order chi connectivity index (χ0) is 31.5. The third-order valence-electron chi connectivity index (χ3n) is 6.88. The summed E-state index contributed by atoms with van der Waals surface area (Å²) in [5.74, 6) is 6.44. The standard InChI is InChI=1S/C31H40N6O6/c1-8-9-16-36-25-26(33-28(36)35-15-11-13-22(18-35)32-29(40)43-31(4,5)6)34(7)30(41)37(27(25)39)19-24(38)21-12-10-14-23(17-21)42-20(2)3/h10,12,14,17,20,22H,11,13,15-16,18-19H2,1-7H3,(H,32,40)/t22-/m1/s1. The first kappa shape index (κ1) is 31.4. The molecule has 1 amide bonds. The number of aryl methyl sites for hydroxylation is 1. The summed E-state index contributed by atoms with van der Waals surface area (Å²) in [6.45, 7) is 11.6. The average molecular weight is 593 g/mol. The molecule has 4 rings (SSSR count). The van der Waals surface area contributed by atoms with Crippen molar-refractivity contribution in [1.82, 2.24) is 24.0 Å². The van der Waals surface area contributed by atoms with Crippen LogP contribution in [-0.2, 0) is 24.9 Å². The van der Waals surface area contributed by atoms with E-state index in [2.05, 4.69) is 17.2 Å². The number of ketones is 1. The first-order chi connectivity index (χ1) is 20.3. The second-order valence-corrected chi connectivity index (χ2v) is 11.9. The van der Waals surface area contributed by atoms with Gasteiger partial charge in [-0.25, -0.2) is 9.59 Å². The number of benzene rings is 1. The number of hydrogen-bond donors (Lipinski definition) is 1. The summed E-state index contributed by atoms with van der Waals surface area (Å²) >= 11 is 0. The number of carbonyl (C=O) groups excluding carboxylic acids is 2. The number of imidazole rings is 1. The molecule has 1 fully saturated rings. The van der Waals surface area contributed by atoms with E-state index in [0.29, 0.717) is 30.4 Å². The van der Waals surface area contributed by atoms with Crippen LogP contribution >= 0.6 is 0 Å². The van der Waals surface area contributed by atoms with Gasteiger partial charge in [0.15, 0.2) is 16.9 Å². The number of piperidine rings is 1. The van der Waals surface area contributed by atoms with Crippen molar-refractivity contribution in [2.75, 3.05) is 18.0 Å². The highest BCUT2D eigenvalue weighted by atomic mass is 16.6. The highest BCUT2D eigenvalue weighted by Gasteiger charge is 2.29. The van der Waals surface area contributed by atoms with Gasteiger partial charge in [0.2, 0.25) is 5.95 Å². The smallest absolute Gasteiger partial charge is 0.407 e. The Labute approximate surface area is 250 Å². The minimum absolute atomic E-state index is 0.0772. The quantitative estimate of drug-likeness (QED) is 0.312. The average Bonchev–Trinajstić information content (AvgIpc) is 3.31. The van der Waals surface area contributed by atoms with Crippen molar-refractivity contribution in [3.8, 4) is 17.6 Å². The topological polar surface area (TPSA) is 130 Å². The van der Waals surface area contributed by atoms with E-state index in [1.54, 1.807) is 56.5 Å². The number of nitrogens with one attached hydrogen (secondary N) is 1. The minimum Gasteiger partial charge on any atom is -0.491 e. The van der Waals surface area contributed by atoms with E-state index >= 15 is 0 Å². The van der Waals surface area contributed by atoms with Crippen LogP contribution in [0.3, 0.4) is 0 Å². The molecular formula is C31H40N6O6. The second kappa shape index (κ2) is 12.8. The lowest BCUT2D eigenvalue weighted by molar-refractivity contribution is 0.0499. The molecule has 12 heteroatoms. The van der Waals surface area contributed by atoms with E-state index in [0.717, 1.165) is 17.4 Å². The van der Waals surface area contributed by atoms with Gasteiger partial charge < -0.3 is 19.7 Å². The molecule has 1 saturated heterocycles. The van der Waals surface area contributed by atoms with Gasteiger partial charge >= 0.3 is 11.8 Å². The summed E-state index contributed by atoms with van der Waals surface area (Å²) in [7, 11) is 1.53. The number of hydrogen-bond acceptors (Lipinski definition) is 8. The Balaban J connectivity index is 1.71. The lowest BCUT2D eigenvalue weighted by Crippen LogP contribution is -2.49. The van der Waals surface area contributed by atoms with Gasteiger partial charge in [-0.1, -0.05) is 18.1 Å². The monoisotopic (exact) mass is 592 g/mol. The molecule has 2 aromatic heterocycles. The Morgan fingerprint density at radius 2 is 1.93 bits per heavy atom. The van der Waals surface area contributed by atoms with E-state index in [-0.39, 0.29) is 29.9 Å². The van der Waals surface area contributed by atoms with Crippen molar-refractivity contribution in [3.05, 3.63) is 50.7 Å². The Bertz CT molecular complexity index is 1700. The predicted molar refractivity (Wildman–Crippen MR) is 164 cm³/mol. The Hall–Kier alpha value is -4.53. The zero-order valence-electron chi connectivity index (χ0n) is 25.9. The Kier molecular flexibility index (Phi) is 9.33. The van der Waals surface area contributed by atoms with Crippen LogP contribution in [0.25, 0.3) is 11.2 Å². The molecule has 0 bridgehead atoms. The molecule has 3 heterocycles. The molecular weight excluding hydrogens is 552 g/mol. The van der Waals surface area contributed by atoms with Crippen molar-refractivity contribution < 1.29 is 19.1 Å². The maximum Gasteiger partial charge on any atom is 0.407 e. The van der Waals surface area contributed by atoms with Gasteiger partial charge in [0.05, 0.1) is 19.2 Å². The van der Waals surface area contributed by atoms with Gasteiger partial charge in [-0.15, -0.1) is 5.92 Å². The van der Waals surface area contributed by atoms with Gasteiger partial charge in [0.25, 0.3) is 5.56 Å². The number of Topliss-reactive ketones (excluding diaryl/α,β-unsaturated/α-hetero) is 1. The normalized spacial score (nSPS) is 15.3. The van der Waals surface area contributed by atoms with Crippen LogP contribution in [0.5, 0.6) is 5.75 Å². The van der Waals surface area contributed by atoms with Crippen molar-refractivity contribution >= 4 is 29.0 Å². The number of rotatable bonds is 8. The largest absolute Gasteiger partial charge is 0.491 e. The predicted octanol–water partition coefficient (Wildman–Crippen LogP) is 3.08. The molecule has 0 unspecified atom stereocenters. The number of fused-ring (bicyclic) bond motifs is 1. The fraction of sp³-hybridized carbons (Fsp3) is 0.516. The lowest BCUT2D eigenvalue weighted by Gasteiger charge is -2.34. The van der Waals surface area contributed by atoms with Gasteiger partial charge in [-0.2, -0.15) is 4.98 Å². The van der Waals surface area contributed by atoms with E-state index in [1.165, 1.54) is 11.6 Å². The number of ether oxygens (including phenoxy) is 2. The lowest BCUT2D eigenvalue weighted by atomic mass is 10.1. The fourth-order valence-electron chi connectivity index (χ4n) is 5.05. The molecule has 3 aromatic rings. The van der Waals surface area contributed by atoms with Crippen LogP contribution < -0.4 is 26.2 Å². The molecule has 0 saturated carbocycles. The Morgan fingerprint density at radius 3 is 2.60 bits per heavy atom. The summed E-state index contributed by atoms with van der Waals surface area (Å²) in [6.07, 6.45) is 0.940. The van der Waals surface area contributed by atoms with Crippen molar-refractivity contribution in [2.24, 2.45) is 7.05 Å². The van der Waals surface area contributed by atoms with E-state index in [4.69, 9.17) is 14.5 Å². The van der Waals surface area contributed by atoms with Crippen LogP contribution in [0.2, 0.25) is 0 Å². The summed E-state index contributed by atoms with van der Waals surface area (Å²) in [5.41, 5.74) is -1.20. The molecule has 1 atom stereocenters. The number of carbonyl (C=O) groups is 2. The van der Waals surface area contributed by atoms with Crippen LogP contribution in [0.15, 0.2) is 33.9 Å². The third-order valence-corrected chi connectivity index (χ3v) is 6.88. The molecule has 0 aliphatic carbocycles. The molecule has 1 N–H and O–H groups in total. The summed E-state index contributed by atoms with van der Waals surface area (Å²) < 4.78 is 15.0. The van der Waals surface area contributed by atoms with Crippen LogP contribution in [0.4, 0.5) is 10.7 Å². The first-order valence-corrected chi connectivity index (χ1v) is 14.4. The van der Waals surface area contributed by atoms with Crippen LogP contribution in [0, 0.1) is 11.8 Å². The summed E-state index contributed by atoms with van der Waals surface area (Å²) in [6, 6.07) is 6.47. The number of aromatic nitrogens is 4. The summed E-state index contributed by atoms with van der Waals surface area (Å²) in [4.78, 5) is 59.6. The number of anilines is 1. The highest BCUT2D eigenvalue weighted by molar-refractivity contribution is 5.96. The molecule has 43 heavy (non-hydrogen) atoms. The first-order valence-electron chi connectivity index (χ1n) is 14.4. The van der Waals surface area contributed by atoms with Crippen molar-refractivity contribution in [1.29, 1.82) is 0 Å². The molecule has 12 nitrogen and oxygen atoms in total. The third kappa shape index (κ3) is 7.28. The van der Waals surface area contributed by atoms with E-state index < -0.39 is 35.3 Å². The molecule has 0 radical (unpaired) electrons. The van der Waals surface area contributed by atoms with Gasteiger partial charge in [-0.3, -0.25) is 23.3 Å². The molecule has 230 valence electrons. The van der Waals surface area contributed by atoms with Crippen molar-refractivity contribution in [2.45, 2.75) is 85.2 Å². The number of alkyl carbamates (subject to hydrolysis) is 1. The van der Waals surface area contributed by atoms with Crippen molar-refractivity contribution in [3.63, 3.8) is 0 Å². The minimum atomic E-state index is -0.652. The molecule has 0 spiro atoms. The maximum atomic E-state index is 13.9. The highest BCUT2D eigenvalue weighted by Crippen LogP contribution is 2.24. The zero-order valence-corrected chi connectivity index (χ0v) is 25.9. The van der Waals surface area contributed by atoms with Gasteiger partial charge in [0.1, 0.15) is 11.4 Å². The Morgan fingerprint density at radius 1 is 1.19 bits per heavy atom. The fourth-order valence-corrected chi connectivity index (χ4v) is 5.05. The number of amides is 1. The summed E-state index contributed by atoms with van der Waals surface area (Å²) in [5, 5.41) is 2.93. The van der Waals surface area contributed by atoms with Crippen LogP contribution in [0.1, 0.15) is 64.7 Å². The molecule has 1 aromatic carbocycles. The maximum absolute atomic E-state index is 13.9. The van der Waals surface area contributed by atoms with Gasteiger partial charge in [-0.05, 0) is 66.5 Å². The van der Waals surface area contributed by atoms with Crippen LogP contribution in [-0.4, -0.2) is 61.4 Å². The molecule has 1 aliphatic heterocycles. The SMILES string of the molecule is CC#CCn1c(N2CCC[C@@H](NC(=O)OC(C)(C)C)C2)nc2c1c(=O)n(CC(=O)c1cccc(OC(C)C)c1)c(=O)n2C. The second-order valence-electron chi connectivity index (χ2n) is 11.9.